The largest absolute Gasteiger partial charge is 2.00 e. The van der Waals surface area contributed by atoms with Crippen molar-refractivity contribution in [2.75, 3.05) is 13.2 Å². The topological polar surface area (TPSA) is 84.3 Å². The zero-order chi connectivity index (χ0) is 19.5. The van der Waals surface area contributed by atoms with Crippen molar-refractivity contribution < 1.29 is 75.8 Å². The van der Waals surface area contributed by atoms with Gasteiger partial charge in [-0.2, -0.15) is 4.79 Å². The summed E-state index contributed by atoms with van der Waals surface area (Å²) >= 11 is 0. The Bertz CT molecular complexity index is 812. The number of carbonyl (C=O) groups excluding carboxylic acids is 1. The number of rotatable bonds is 9. The molecule has 0 heterocycles. The molecule has 0 aromatic heterocycles. The van der Waals surface area contributed by atoms with Crippen molar-refractivity contribution in [3.63, 3.8) is 0 Å². The van der Waals surface area contributed by atoms with Crippen LogP contribution in [0.3, 0.4) is 0 Å². The summed E-state index contributed by atoms with van der Waals surface area (Å²) < 4.78 is 11.5. The SMILES string of the molecule is CCCCOC1=CC(=[N+]=[N-])C(OCCCC)=CC1=NC(=O)c1ccccc1.Cl.[Cl-].[Cl-].[Cl-].[Zn+2]. The number of aliphatic imine (C=N–C) groups is 1. The van der Waals surface area contributed by atoms with Gasteiger partial charge in [-0.05, 0) is 25.0 Å². The second-order valence-electron chi connectivity index (χ2n) is 6.07. The number of carbonyl (C=O) groups is 1. The Hall–Kier alpha value is -1.20. The smallest absolute Gasteiger partial charge is 1.00 e. The number of benzene rings is 1. The van der Waals surface area contributed by atoms with Gasteiger partial charge in [-0.25, -0.2) is 4.99 Å². The molecule has 0 fully saturated rings. The molecule has 11 heteroatoms. The Morgan fingerprint density at radius 3 is 1.97 bits per heavy atom. The maximum Gasteiger partial charge on any atom is 2.00 e. The molecular weight excluding hydrogens is 549 g/mol. The first-order valence-electron chi connectivity index (χ1n) is 9.29. The van der Waals surface area contributed by atoms with Crippen LogP contribution in [-0.2, 0) is 29.0 Å². The van der Waals surface area contributed by atoms with E-state index in [1.807, 2.05) is 6.07 Å². The third-order valence-corrected chi connectivity index (χ3v) is 3.90. The Labute approximate surface area is 227 Å². The van der Waals surface area contributed by atoms with Crippen LogP contribution in [0.5, 0.6) is 0 Å². The summed E-state index contributed by atoms with van der Waals surface area (Å²) in [6.07, 6.45) is 6.83. The fourth-order valence-electron chi connectivity index (χ4n) is 2.34. The zero-order valence-electron chi connectivity index (χ0n) is 18.1. The summed E-state index contributed by atoms with van der Waals surface area (Å²) in [6, 6.07) is 8.83. The van der Waals surface area contributed by atoms with E-state index in [1.54, 1.807) is 36.4 Å². The van der Waals surface area contributed by atoms with E-state index in [2.05, 4.69) is 23.6 Å². The Morgan fingerprint density at radius 2 is 1.47 bits per heavy atom. The molecule has 32 heavy (non-hydrogen) atoms. The van der Waals surface area contributed by atoms with Crippen LogP contribution in [0.15, 0.2) is 59.0 Å². The van der Waals surface area contributed by atoms with Gasteiger partial charge in [0.15, 0.2) is 5.76 Å². The average Bonchev–Trinajstić information content (AvgIpc) is 2.70. The summed E-state index contributed by atoms with van der Waals surface area (Å²) in [5.74, 6) is 0.390. The van der Waals surface area contributed by atoms with Crippen LogP contribution in [0, 0.1) is 0 Å². The monoisotopic (exact) mass is 572 g/mol. The summed E-state index contributed by atoms with van der Waals surface area (Å²) in [4.78, 5) is 20.0. The molecule has 1 aliphatic rings. The molecule has 0 radical (unpaired) electrons. The summed E-state index contributed by atoms with van der Waals surface area (Å²) in [5.41, 5.74) is 10.4. The van der Waals surface area contributed by atoms with E-state index >= 15 is 0 Å². The minimum atomic E-state index is -0.371. The van der Waals surface area contributed by atoms with Gasteiger partial charge in [0, 0.05) is 11.6 Å². The molecule has 0 spiro atoms. The van der Waals surface area contributed by atoms with Crippen LogP contribution in [0.4, 0.5) is 0 Å². The average molecular weight is 576 g/mol. The predicted molar refractivity (Wildman–Crippen MR) is 112 cm³/mol. The van der Waals surface area contributed by atoms with Crippen molar-refractivity contribution in [2.45, 2.75) is 39.5 Å². The molecule has 0 aliphatic heterocycles. The van der Waals surface area contributed by atoms with Crippen molar-refractivity contribution in [1.29, 1.82) is 0 Å². The predicted octanol–water partition coefficient (Wildman–Crippen LogP) is -4.22. The molecule has 174 valence electrons. The molecule has 0 unspecified atom stereocenters. The minimum absolute atomic E-state index is 0. The number of ether oxygens (including phenoxy) is 2. The van der Waals surface area contributed by atoms with Gasteiger partial charge in [0.05, 0.1) is 19.3 Å². The van der Waals surface area contributed by atoms with Crippen molar-refractivity contribution >= 4 is 29.7 Å². The van der Waals surface area contributed by atoms with Gasteiger partial charge in [0.2, 0.25) is 5.76 Å². The molecule has 1 aromatic rings. The number of amides is 1. The molecular formula is C21H26Cl4N3O3Zn-. The summed E-state index contributed by atoms with van der Waals surface area (Å²) in [6.45, 7) is 5.10. The first kappa shape index (κ1) is 38.1. The van der Waals surface area contributed by atoms with Crippen LogP contribution in [0.2, 0.25) is 0 Å². The second kappa shape index (κ2) is 21.6. The van der Waals surface area contributed by atoms with Gasteiger partial charge < -0.3 is 52.2 Å². The van der Waals surface area contributed by atoms with Crippen LogP contribution < -0.4 is 37.2 Å². The zero-order valence-corrected chi connectivity index (χ0v) is 24.2. The number of unbranched alkanes of at least 4 members (excludes halogenated alkanes) is 2. The molecule has 6 nitrogen and oxygen atoms in total. The standard InChI is InChI=1S/C21H25N3O3.4ClH.Zn/c1-3-5-12-26-19-15-18(24-22)20(27-13-6-4-2)14-17(19)23-21(25)16-10-8-7-9-11-16;;;;;/h7-11,14-15H,3-6,12-13H2,1-2H3;4*1H;/q;;;;;+2/p-3. The summed E-state index contributed by atoms with van der Waals surface area (Å²) in [5, 5.41) is 0. The van der Waals surface area contributed by atoms with Crippen LogP contribution in [0.1, 0.15) is 49.9 Å². The van der Waals surface area contributed by atoms with Crippen molar-refractivity contribution in [3.8, 4) is 0 Å². The van der Waals surface area contributed by atoms with Crippen molar-refractivity contribution in [3.05, 3.63) is 65.1 Å². The molecule has 0 saturated heterocycles. The fraction of sp³-hybridized carbons (Fsp3) is 0.381. The maximum absolute atomic E-state index is 12.5. The number of hydrogen-bond donors (Lipinski definition) is 0. The van der Waals surface area contributed by atoms with Crippen molar-refractivity contribution in [2.24, 2.45) is 4.99 Å². The van der Waals surface area contributed by atoms with Gasteiger partial charge in [-0.3, -0.25) is 4.79 Å². The molecule has 0 atom stereocenters. The second-order valence-corrected chi connectivity index (χ2v) is 6.07. The normalized spacial score (nSPS) is 12.7. The number of hydrogen-bond acceptors (Lipinski definition) is 3. The van der Waals surface area contributed by atoms with Crippen LogP contribution in [-0.4, -0.2) is 35.3 Å². The molecule has 1 aliphatic carbocycles. The third-order valence-electron chi connectivity index (χ3n) is 3.90. The van der Waals surface area contributed by atoms with Gasteiger partial charge >= 0.3 is 25.2 Å². The Balaban J connectivity index is -0.000000784. The quantitative estimate of drug-likeness (QED) is 0.0985. The van der Waals surface area contributed by atoms with E-state index in [4.69, 9.17) is 9.47 Å². The molecule has 1 aromatic carbocycles. The van der Waals surface area contributed by atoms with E-state index in [1.165, 1.54) is 0 Å². The van der Waals surface area contributed by atoms with E-state index in [0.717, 1.165) is 25.7 Å². The molecule has 0 bridgehead atoms. The molecule has 0 saturated carbocycles. The molecule has 1 amide bonds. The van der Waals surface area contributed by atoms with Gasteiger partial charge in [-0.15, -0.1) is 12.4 Å². The molecule has 2 rings (SSSR count). The van der Waals surface area contributed by atoms with Gasteiger partial charge in [0.1, 0.15) is 5.71 Å². The van der Waals surface area contributed by atoms with Crippen molar-refractivity contribution in [1.82, 2.24) is 0 Å². The maximum atomic E-state index is 12.5. The summed E-state index contributed by atoms with van der Waals surface area (Å²) in [7, 11) is 0. The van der Waals surface area contributed by atoms with E-state index < -0.39 is 0 Å². The number of allylic oxidation sites excluding steroid dienone is 2. The Morgan fingerprint density at radius 1 is 0.938 bits per heavy atom. The van der Waals surface area contributed by atoms with Gasteiger partial charge in [0.25, 0.3) is 5.91 Å². The van der Waals surface area contributed by atoms with Gasteiger partial charge in [-0.1, -0.05) is 44.9 Å². The fourth-order valence-corrected chi connectivity index (χ4v) is 2.34. The first-order valence-corrected chi connectivity index (χ1v) is 9.29. The van der Waals surface area contributed by atoms with E-state index in [-0.39, 0.29) is 80.7 Å². The minimum Gasteiger partial charge on any atom is -1.00 e. The Kier molecular flexibility index (Phi) is 25.8. The van der Waals surface area contributed by atoms with Crippen LogP contribution >= 0.6 is 12.4 Å². The van der Waals surface area contributed by atoms with Crippen LogP contribution in [0.25, 0.3) is 5.53 Å². The first-order chi connectivity index (χ1) is 13.2. The number of halogens is 4. The number of nitrogens with zero attached hydrogens (tertiary/aromatic N) is 3. The third kappa shape index (κ3) is 12.2. The van der Waals surface area contributed by atoms with E-state index in [9.17, 15) is 10.3 Å². The van der Waals surface area contributed by atoms with E-state index in [0.29, 0.717) is 36.0 Å². The molecule has 0 N–H and O–H groups in total.